The van der Waals surface area contributed by atoms with Gasteiger partial charge in [-0.1, -0.05) is 37.3 Å². The molecule has 1 aromatic heterocycles. The number of benzene rings is 2. The maximum absolute atomic E-state index is 13.4. The van der Waals surface area contributed by atoms with Crippen molar-refractivity contribution < 1.29 is 19.1 Å². The van der Waals surface area contributed by atoms with E-state index in [-0.39, 0.29) is 17.1 Å². The van der Waals surface area contributed by atoms with Gasteiger partial charge in [0.2, 0.25) is 0 Å². The largest absolute Gasteiger partial charge is 0.462 e. The van der Waals surface area contributed by atoms with Crippen LogP contribution in [0.5, 0.6) is 0 Å². The fraction of sp³-hybridized carbons (Fsp3) is 0.250. The van der Waals surface area contributed by atoms with Crippen LogP contribution >= 0.6 is 11.8 Å². The van der Waals surface area contributed by atoms with E-state index in [1.807, 2.05) is 57.2 Å². The fourth-order valence-corrected chi connectivity index (χ4v) is 4.79. The second kappa shape index (κ2) is 11.8. The third-order valence-electron chi connectivity index (χ3n) is 5.57. The number of carbonyl (C=O) groups excluding carboxylic acids is 3. The number of amides is 2. The Hall–Kier alpha value is -3.98. The van der Waals surface area contributed by atoms with Crippen molar-refractivity contribution in [1.82, 2.24) is 14.9 Å². The van der Waals surface area contributed by atoms with Crippen LogP contribution in [0.25, 0.3) is 0 Å². The molecule has 190 valence electrons. The number of ether oxygens (including phenoxy) is 1. The molecule has 0 bridgehead atoms. The molecule has 1 aliphatic rings. The lowest BCUT2D eigenvalue weighted by Crippen LogP contribution is -2.34. The summed E-state index contributed by atoms with van der Waals surface area (Å²) in [5.41, 5.74) is 3.70. The molecule has 0 radical (unpaired) electrons. The van der Waals surface area contributed by atoms with Crippen molar-refractivity contribution in [2.45, 2.75) is 38.8 Å². The van der Waals surface area contributed by atoms with Gasteiger partial charge in [0.15, 0.2) is 5.16 Å². The first-order valence-corrected chi connectivity index (χ1v) is 12.9. The maximum Gasteiger partial charge on any atom is 0.338 e. The first-order valence-electron chi connectivity index (χ1n) is 12.0. The summed E-state index contributed by atoms with van der Waals surface area (Å²) in [6, 6.07) is 18.1. The number of rotatable bonds is 10. The van der Waals surface area contributed by atoms with Gasteiger partial charge in [0.1, 0.15) is 10.6 Å². The zero-order valence-electron chi connectivity index (χ0n) is 21.0. The molecule has 0 unspecified atom stereocenters. The van der Waals surface area contributed by atoms with E-state index in [1.54, 1.807) is 24.3 Å². The van der Waals surface area contributed by atoms with Crippen molar-refractivity contribution in [3.05, 3.63) is 93.8 Å². The third-order valence-corrected chi connectivity index (χ3v) is 6.52. The Morgan fingerprint density at radius 1 is 0.973 bits per heavy atom. The molecule has 9 heteroatoms. The summed E-state index contributed by atoms with van der Waals surface area (Å²) in [6.07, 6.45) is 1.28. The molecule has 0 saturated heterocycles. The monoisotopic (exact) mass is 516 g/mol. The molecule has 0 saturated carbocycles. The highest BCUT2D eigenvalue weighted by Gasteiger charge is 2.39. The average molecular weight is 517 g/mol. The van der Waals surface area contributed by atoms with Gasteiger partial charge in [0.25, 0.3) is 11.8 Å². The van der Waals surface area contributed by atoms with E-state index in [2.05, 4.69) is 15.3 Å². The summed E-state index contributed by atoms with van der Waals surface area (Å²) in [4.78, 5) is 49.3. The molecule has 2 amide bonds. The normalized spacial score (nSPS) is 13.3. The van der Waals surface area contributed by atoms with Crippen LogP contribution in [-0.4, -0.2) is 45.8 Å². The molecule has 2 aromatic carbocycles. The first kappa shape index (κ1) is 26.1. The molecular weight excluding hydrogens is 488 g/mol. The number of carbonyl (C=O) groups is 3. The van der Waals surface area contributed by atoms with Gasteiger partial charge in [-0.05, 0) is 74.3 Å². The number of thioether (sulfide) groups is 1. The Morgan fingerprint density at radius 3 is 2.30 bits per heavy atom. The Labute approximate surface area is 220 Å². The molecule has 2 heterocycles. The molecule has 0 fully saturated rings. The molecule has 8 nitrogen and oxygen atoms in total. The van der Waals surface area contributed by atoms with Gasteiger partial charge in [0.05, 0.1) is 12.2 Å². The van der Waals surface area contributed by atoms with E-state index < -0.39 is 17.8 Å². The molecule has 1 N–H and O–H groups in total. The highest BCUT2D eigenvalue weighted by molar-refractivity contribution is 8.04. The van der Waals surface area contributed by atoms with Gasteiger partial charge < -0.3 is 10.1 Å². The lowest BCUT2D eigenvalue weighted by molar-refractivity contribution is -0.137. The molecule has 1 aliphatic heterocycles. The van der Waals surface area contributed by atoms with Crippen molar-refractivity contribution >= 4 is 35.2 Å². The number of esters is 1. The lowest BCUT2D eigenvalue weighted by Gasteiger charge is -2.15. The minimum atomic E-state index is -0.417. The van der Waals surface area contributed by atoms with Crippen LogP contribution in [0.2, 0.25) is 0 Å². The SMILES string of the molecule is CCCOC(=O)c1ccc(NC2=C(Sc3nc(C)cc(C)n3)C(=O)N(CCc3ccccc3)C2=O)cc1. The Bertz CT molecular complexity index is 1320. The maximum atomic E-state index is 13.4. The van der Waals surface area contributed by atoms with E-state index in [0.717, 1.165) is 35.1 Å². The highest BCUT2D eigenvalue weighted by Crippen LogP contribution is 2.34. The minimum Gasteiger partial charge on any atom is -0.462 e. The van der Waals surface area contributed by atoms with Crippen LogP contribution in [0.3, 0.4) is 0 Å². The molecule has 3 aromatic rings. The number of nitrogens with one attached hydrogen (secondary N) is 1. The lowest BCUT2D eigenvalue weighted by atomic mass is 10.1. The molecule has 0 atom stereocenters. The van der Waals surface area contributed by atoms with E-state index in [0.29, 0.717) is 29.4 Å². The third kappa shape index (κ3) is 6.42. The molecule has 0 spiro atoms. The van der Waals surface area contributed by atoms with Crippen LogP contribution in [0.1, 0.15) is 40.7 Å². The molecular formula is C28H28N4O4S. The van der Waals surface area contributed by atoms with Crippen LogP contribution in [0.15, 0.2) is 76.4 Å². The average Bonchev–Trinajstić information content (AvgIpc) is 3.10. The van der Waals surface area contributed by atoms with Crippen molar-refractivity contribution in [1.29, 1.82) is 0 Å². The van der Waals surface area contributed by atoms with Gasteiger partial charge in [-0.3, -0.25) is 14.5 Å². The smallest absolute Gasteiger partial charge is 0.338 e. The molecule has 0 aliphatic carbocycles. The van der Waals surface area contributed by atoms with E-state index >= 15 is 0 Å². The predicted molar refractivity (Wildman–Crippen MR) is 142 cm³/mol. The van der Waals surface area contributed by atoms with Crippen LogP contribution < -0.4 is 5.32 Å². The van der Waals surface area contributed by atoms with Crippen molar-refractivity contribution in [2.75, 3.05) is 18.5 Å². The summed E-state index contributed by atoms with van der Waals surface area (Å²) in [6.45, 7) is 6.23. The summed E-state index contributed by atoms with van der Waals surface area (Å²) in [5.74, 6) is -1.22. The Kier molecular flexibility index (Phi) is 8.35. The number of hydrogen-bond acceptors (Lipinski definition) is 8. The Morgan fingerprint density at radius 2 is 1.65 bits per heavy atom. The number of hydrogen-bond donors (Lipinski definition) is 1. The van der Waals surface area contributed by atoms with Crippen LogP contribution in [-0.2, 0) is 20.7 Å². The number of nitrogens with zero attached hydrogens (tertiary/aromatic N) is 3. The topological polar surface area (TPSA) is 101 Å². The van der Waals surface area contributed by atoms with Crippen molar-refractivity contribution in [2.24, 2.45) is 0 Å². The van der Waals surface area contributed by atoms with E-state index in [4.69, 9.17) is 4.74 Å². The zero-order valence-corrected chi connectivity index (χ0v) is 21.8. The zero-order chi connectivity index (χ0) is 26.4. The quantitative estimate of drug-likeness (QED) is 0.235. The summed E-state index contributed by atoms with van der Waals surface area (Å²) >= 11 is 1.07. The number of aromatic nitrogens is 2. The Balaban J connectivity index is 1.59. The second-order valence-corrected chi connectivity index (χ2v) is 9.55. The molecule has 4 rings (SSSR count). The standard InChI is InChI=1S/C28H28N4O4S/c1-4-16-36-27(35)21-10-12-22(13-11-21)31-23-24(37-28-29-18(2)17-19(3)30-28)26(34)32(25(23)33)15-14-20-8-6-5-7-9-20/h5-13,17,31H,4,14-16H2,1-3H3. The van der Waals surface area contributed by atoms with Gasteiger partial charge >= 0.3 is 5.97 Å². The van der Waals surface area contributed by atoms with Crippen molar-refractivity contribution in [3.8, 4) is 0 Å². The minimum absolute atomic E-state index is 0.159. The highest BCUT2D eigenvalue weighted by atomic mass is 32.2. The summed E-state index contributed by atoms with van der Waals surface area (Å²) in [7, 11) is 0. The van der Waals surface area contributed by atoms with Gasteiger partial charge in [0, 0.05) is 23.6 Å². The van der Waals surface area contributed by atoms with E-state index in [1.165, 1.54) is 4.90 Å². The fourth-order valence-electron chi connectivity index (χ4n) is 3.79. The van der Waals surface area contributed by atoms with Crippen LogP contribution in [0.4, 0.5) is 5.69 Å². The first-order chi connectivity index (χ1) is 17.9. The second-order valence-electron chi connectivity index (χ2n) is 8.58. The van der Waals surface area contributed by atoms with Gasteiger partial charge in [-0.2, -0.15) is 0 Å². The molecule has 37 heavy (non-hydrogen) atoms. The van der Waals surface area contributed by atoms with Crippen molar-refractivity contribution in [3.63, 3.8) is 0 Å². The van der Waals surface area contributed by atoms with Crippen LogP contribution in [0, 0.1) is 13.8 Å². The van der Waals surface area contributed by atoms with Gasteiger partial charge in [-0.15, -0.1) is 0 Å². The summed E-state index contributed by atoms with van der Waals surface area (Å²) in [5, 5.41) is 3.49. The number of imide groups is 1. The summed E-state index contributed by atoms with van der Waals surface area (Å²) < 4.78 is 5.17. The predicted octanol–water partition coefficient (Wildman–Crippen LogP) is 4.69. The number of anilines is 1. The van der Waals surface area contributed by atoms with Gasteiger partial charge in [-0.25, -0.2) is 14.8 Å². The number of aryl methyl sites for hydroxylation is 2. The van der Waals surface area contributed by atoms with E-state index in [9.17, 15) is 14.4 Å².